The Hall–Kier alpha value is -2.01. The minimum Gasteiger partial charge on any atom is -0.497 e. The highest BCUT2D eigenvalue weighted by Crippen LogP contribution is 2.25. The second kappa shape index (κ2) is 9.33. The van der Waals surface area contributed by atoms with E-state index in [1.807, 2.05) is 18.2 Å². The predicted octanol–water partition coefficient (Wildman–Crippen LogP) is 1.29. The summed E-state index contributed by atoms with van der Waals surface area (Å²) in [5.74, 6) is 1.38. The molecular formula is C19H29N2O3+. The summed E-state index contributed by atoms with van der Waals surface area (Å²) in [6.45, 7) is 5.75. The van der Waals surface area contributed by atoms with Crippen molar-refractivity contribution in [2.75, 3.05) is 33.9 Å². The zero-order valence-electron chi connectivity index (χ0n) is 14.9. The van der Waals surface area contributed by atoms with Gasteiger partial charge in [-0.1, -0.05) is 6.92 Å². The number of piperidine rings is 1. The van der Waals surface area contributed by atoms with Crippen molar-refractivity contribution in [1.29, 1.82) is 0 Å². The summed E-state index contributed by atoms with van der Waals surface area (Å²) in [4.78, 5) is 13.8. The third kappa shape index (κ3) is 5.27. The average molecular weight is 333 g/mol. The summed E-state index contributed by atoms with van der Waals surface area (Å²) in [5.41, 5.74) is 0.857. The molecule has 132 valence electrons. The second-order valence-corrected chi connectivity index (χ2v) is 6.22. The Morgan fingerprint density at radius 1 is 1.29 bits per heavy atom. The van der Waals surface area contributed by atoms with Gasteiger partial charge in [0.1, 0.15) is 11.5 Å². The van der Waals surface area contributed by atoms with E-state index in [1.54, 1.807) is 31.3 Å². The van der Waals surface area contributed by atoms with Gasteiger partial charge in [-0.3, -0.25) is 4.79 Å². The van der Waals surface area contributed by atoms with Crippen LogP contribution in [0, 0.1) is 0 Å². The van der Waals surface area contributed by atoms with Crippen LogP contribution in [0.4, 0.5) is 0 Å². The lowest BCUT2D eigenvalue weighted by molar-refractivity contribution is -0.905. The number of rotatable bonds is 7. The molecule has 0 saturated carbocycles. The molecule has 5 nitrogen and oxygen atoms in total. The lowest BCUT2D eigenvalue weighted by Crippen LogP contribution is -3.13. The number of amides is 1. The molecule has 0 bridgehead atoms. The van der Waals surface area contributed by atoms with Gasteiger partial charge < -0.3 is 19.7 Å². The smallest absolute Gasteiger partial charge is 0.244 e. The third-order valence-electron chi connectivity index (χ3n) is 4.50. The predicted molar refractivity (Wildman–Crippen MR) is 95.6 cm³/mol. The van der Waals surface area contributed by atoms with E-state index in [9.17, 15) is 4.79 Å². The Labute approximate surface area is 144 Å². The van der Waals surface area contributed by atoms with Crippen molar-refractivity contribution < 1.29 is 19.2 Å². The molecule has 1 heterocycles. The summed E-state index contributed by atoms with van der Waals surface area (Å²) in [7, 11) is 3.23. The Bertz CT molecular complexity index is 564. The average Bonchev–Trinajstić information content (AvgIpc) is 2.61. The highest BCUT2D eigenvalue weighted by molar-refractivity contribution is 5.92. The Balaban J connectivity index is 1.87. The molecule has 1 aromatic rings. The Morgan fingerprint density at radius 3 is 2.67 bits per heavy atom. The van der Waals surface area contributed by atoms with Gasteiger partial charge in [-0.25, -0.2) is 0 Å². The fourth-order valence-electron chi connectivity index (χ4n) is 3.14. The summed E-state index contributed by atoms with van der Waals surface area (Å²) >= 11 is 0. The van der Waals surface area contributed by atoms with E-state index in [2.05, 4.69) is 12.2 Å². The standard InChI is InChI=1S/C19H28N2O3/c1-4-11-21-12-9-16(10-13-21)20-19(22)8-6-15-5-7-17(23-2)14-18(15)24-3/h5-8,14,16H,4,9-13H2,1-3H3,(H,20,22)/p+1/b8-6+. The van der Waals surface area contributed by atoms with Crippen LogP contribution in [-0.2, 0) is 4.79 Å². The number of carbonyl (C=O) groups is 1. The molecule has 1 aromatic carbocycles. The molecule has 1 aliphatic heterocycles. The normalized spacial score (nSPS) is 20.8. The molecule has 5 heteroatoms. The fourth-order valence-corrected chi connectivity index (χ4v) is 3.14. The molecule has 0 aliphatic carbocycles. The number of hydrogen-bond acceptors (Lipinski definition) is 3. The van der Waals surface area contributed by atoms with Gasteiger partial charge in [-0.15, -0.1) is 0 Å². The number of ether oxygens (including phenoxy) is 2. The van der Waals surface area contributed by atoms with E-state index >= 15 is 0 Å². The first kappa shape index (κ1) is 18.3. The highest BCUT2D eigenvalue weighted by atomic mass is 16.5. The van der Waals surface area contributed by atoms with Crippen LogP contribution in [0.1, 0.15) is 31.7 Å². The molecule has 0 spiro atoms. The van der Waals surface area contributed by atoms with Gasteiger partial charge in [0.25, 0.3) is 0 Å². The van der Waals surface area contributed by atoms with Gasteiger partial charge in [0.2, 0.25) is 5.91 Å². The number of carbonyl (C=O) groups excluding carboxylic acids is 1. The maximum Gasteiger partial charge on any atom is 0.244 e. The van der Waals surface area contributed by atoms with Gasteiger partial charge in [-0.05, 0) is 24.6 Å². The minimum atomic E-state index is -0.0446. The van der Waals surface area contributed by atoms with Crippen molar-refractivity contribution in [3.63, 3.8) is 0 Å². The molecule has 0 unspecified atom stereocenters. The second-order valence-electron chi connectivity index (χ2n) is 6.22. The van der Waals surface area contributed by atoms with Crippen molar-refractivity contribution in [3.8, 4) is 11.5 Å². The molecule has 0 aromatic heterocycles. The summed E-state index contributed by atoms with van der Waals surface area (Å²) < 4.78 is 10.5. The highest BCUT2D eigenvalue weighted by Gasteiger charge is 2.21. The molecule has 0 atom stereocenters. The quantitative estimate of drug-likeness (QED) is 0.740. The molecule has 1 saturated heterocycles. The molecule has 0 radical (unpaired) electrons. The molecular weight excluding hydrogens is 304 g/mol. The molecule has 2 rings (SSSR count). The van der Waals surface area contributed by atoms with E-state index in [4.69, 9.17) is 9.47 Å². The van der Waals surface area contributed by atoms with Gasteiger partial charge in [0.05, 0.1) is 33.9 Å². The van der Waals surface area contributed by atoms with Crippen LogP contribution in [0.2, 0.25) is 0 Å². The van der Waals surface area contributed by atoms with E-state index < -0.39 is 0 Å². The molecule has 24 heavy (non-hydrogen) atoms. The minimum absolute atomic E-state index is 0.0446. The lowest BCUT2D eigenvalue weighted by atomic mass is 10.0. The first-order chi connectivity index (χ1) is 11.7. The maximum absolute atomic E-state index is 12.1. The van der Waals surface area contributed by atoms with Crippen LogP contribution < -0.4 is 19.7 Å². The number of methoxy groups -OCH3 is 2. The lowest BCUT2D eigenvalue weighted by Gasteiger charge is -2.29. The van der Waals surface area contributed by atoms with E-state index in [-0.39, 0.29) is 5.91 Å². The van der Waals surface area contributed by atoms with Crippen molar-refractivity contribution >= 4 is 12.0 Å². The van der Waals surface area contributed by atoms with Crippen LogP contribution in [0.25, 0.3) is 6.08 Å². The monoisotopic (exact) mass is 333 g/mol. The Kier molecular flexibility index (Phi) is 7.12. The fraction of sp³-hybridized carbons (Fsp3) is 0.526. The first-order valence-corrected chi connectivity index (χ1v) is 8.70. The largest absolute Gasteiger partial charge is 0.497 e. The number of likely N-dealkylation sites (tertiary alicyclic amines) is 1. The Morgan fingerprint density at radius 2 is 2.04 bits per heavy atom. The van der Waals surface area contributed by atoms with Crippen molar-refractivity contribution in [1.82, 2.24) is 5.32 Å². The van der Waals surface area contributed by atoms with Crippen LogP contribution in [0.15, 0.2) is 24.3 Å². The van der Waals surface area contributed by atoms with E-state index in [0.29, 0.717) is 11.8 Å². The summed E-state index contributed by atoms with van der Waals surface area (Å²) in [6.07, 6.45) is 6.70. The SMILES string of the molecule is CCC[NH+]1CCC(NC(=O)/C=C/c2ccc(OC)cc2OC)CC1. The summed E-state index contributed by atoms with van der Waals surface area (Å²) in [6, 6.07) is 5.84. The third-order valence-corrected chi connectivity index (χ3v) is 4.50. The van der Waals surface area contributed by atoms with Gasteiger partial charge >= 0.3 is 0 Å². The van der Waals surface area contributed by atoms with Crippen LogP contribution in [0.5, 0.6) is 11.5 Å². The molecule has 1 fully saturated rings. The van der Waals surface area contributed by atoms with Crippen LogP contribution >= 0.6 is 0 Å². The summed E-state index contributed by atoms with van der Waals surface area (Å²) in [5, 5.41) is 3.11. The van der Waals surface area contributed by atoms with Gasteiger partial charge in [-0.2, -0.15) is 0 Å². The number of quaternary nitrogens is 1. The number of benzene rings is 1. The van der Waals surface area contributed by atoms with E-state index in [1.165, 1.54) is 13.0 Å². The van der Waals surface area contributed by atoms with Gasteiger partial charge in [0, 0.05) is 36.6 Å². The topological polar surface area (TPSA) is 52.0 Å². The van der Waals surface area contributed by atoms with Crippen molar-refractivity contribution in [2.24, 2.45) is 0 Å². The molecule has 1 aliphatic rings. The first-order valence-electron chi connectivity index (χ1n) is 8.70. The van der Waals surface area contributed by atoms with Crippen molar-refractivity contribution in [3.05, 3.63) is 29.8 Å². The van der Waals surface area contributed by atoms with Gasteiger partial charge in [0.15, 0.2) is 0 Å². The zero-order valence-corrected chi connectivity index (χ0v) is 14.9. The maximum atomic E-state index is 12.1. The number of hydrogen-bond donors (Lipinski definition) is 2. The van der Waals surface area contributed by atoms with Crippen molar-refractivity contribution in [2.45, 2.75) is 32.2 Å². The van der Waals surface area contributed by atoms with Crippen LogP contribution in [0.3, 0.4) is 0 Å². The number of nitrogens with one attached hydrogen (secondary N) is 2. The van der Waals surface area contributed by atoms with E-state index in [0.717, 1.165) is 37.2 Å². The van der Waals surface area contributed by atoms with Crippen LogP contribution in [-0.4, -0.2) is 45.8 Å². The molecule has 1 amide bonds. The molecule has 2 N–H and O–H groups in total. The zero-order chi connectivity index (χ0) is 17.4.